The molecular weight excluding hydrogens is 298 g/mol. The third-order valence-corrected chi connectivity index (χ3v) is 5.03. The van der Waals surface area contributed by atoms with E-state index in [9.17, 15) is 4.79 Å². The molecule has 124 valence electrons. The summed E-state index contributed by atoms with van der Waals surface area (Å²) in [5.74, 6) is 0. The van der Waals surface area contributed by atoms with E-state index in [0.717, 1.165) is 49.9 Å². The van der Waals surface area contributed by atoms with Crippen LogP contribution in [-0.4, -0.2) is 34.1 Å². The summed E-state index contributed by atoms with van der Waals surface area (Å²) in [4.78, 5) is 17.9. The van der Waals surface area contributed by atoms with Gasteiger partial charge in [0.25, 0.3) is 0 Å². The van der Waals surface area contributed by atoms with Crippen LogP contribution in [0.15, 0.2) is 59.4 Å². The van der Waals surface area contributed by atoms with Crippen LogP contribution in [0.25, 0.3) is 11.0 Å². The van der Waals surface area contributed by atoms with Gasteiger partial charge in [0.15, 0.2) is 0 Å². The molecule has 0 aliphatic carbocycles. The minimum absolute atomic E-state index is 0.0195. The Hall–Kier alpha value is -2.33. The molecule has 4 nitrogen and oxygen atoms in total. The number of aromatic nitrogens is 2. The molecule has 0 amide bonds. The maximum absolute atomic E-state index is 12.4. The molecule has 2 heterocycles. The molecule has 0 spiro atoms. The Morgan fingerprint density at radius 3 is 2.71 bits per heavy atom. The molecule has 2 aromatic carbocycles. The number of para-hydroxylation sites is 2. The van der Waals surface area contributed by atoms with E-state index in [0.29, 0.717) is 0 Å². The van der Waals surface area contributed by atoms with Crippen molar-refractivity contribution in [3.63, 3.8) is 0 Å². The standard InChI is InChI=1S/C20H23N3O/c24-20-21-18-10-4-5-11-19(18)23(20)17-9-6-13-22(15-17)14-12-16-7-2-1-3-8-16/h1-5,7-8,10-11,17H,6,9,12-15H2,(H,21,24). The number of imidazole rings is 1. The number of likely N-dealkylation sites (tertiary alicyclic amines) is 1. The van der Waals surface area contributed by atoms with E-state index in [4.69, 9.17) is 0 Å². The Balaban J connectivity index is 1.50. The van der Waals surface area contributed by atoms with Gasteiger partial charge in [-0.2, -0.15) is 0 Å². The zero-order valence-electron chi connectivity index (χ0n) is 13.8. The van der Waals surface area contributed by atoms with Crippen molar-refractivity contribution in [1.82, 2.24) is 14.5 Å². The molecule has 1 N–H and O–H groups in total. The number of piperidine rings is 1. The Bertz CT molecular complexity index is 865. The molecule has 0 bridgehead atoms. The molecule has 4 heteroatoms. The second-order valence-electron chi connectivity index (χ2n) is 6.65. The fraction of sp³-hybridized carbons (Fsp3) is 0.350. The van der Waals surface area contributed by atoms with Crippen LogP contribution in [0.1, 0.15) is 24.4 Å². The lowest BCUT2D eigenvalue weighted by Gasteiger charge is -2.33. The van der Waals surface area contributed by atoms with E-state index < -0.39 is 0 Å². The van der Waals surface area contributed by atoms with Crippen molar-refractivity contribution in [3.8, 4) is 0 Å². The number of aromatic amines is 1. The second kappa shape index (κ2) is 6.65. The Kier molecular flexibility index (Phi) is 4.22. The summed E-state index contributed by atoms with van der Waals surface area (Å²) >= 11 is 0. The van der Waals surface area contributed by atoms with Crippen LogP contribution in [0.5, 0.6) is 0 Å². The van der Waals surface area contributed by atoms with E-state index in [2.05, 4.69) is 40.2 Å². The van der Waals surface area contributed by atoms with E-state index in [1.54, 1.807) is 0 Å². The molecule has 24 heavy (non-hydrogen) atoms. The van der Waals surface area contributed by atoms with Gasteiger partial charge in [-0.1, -0.05) is 42.5 Å². The first kappa shape index (κ1) is 15.2. The fourth-order valence-corrected chi connectivity index (χ4v) is 3.81. The third-order valence-electron chi connectivity index (χ3n) is 5.03. The first-order valence-electron chi connectivity index (χ1n) is 8.77. The number of hydrogen-bond acceptors (Lipinski definition) is 2. The second-order valence-corrected chi connectivity index (χ2v) is 6.65. The van der Waals surface area contributed by atoms with Crippen molar-refractivity contribution in [3.05, 3.63) is 70.6 Å². The SMILES string of the molecule is O=c1[nH]c2ccccc2n1C1CCCN(CCc2ccccc2)C1. The third kappa shape index (κ3) is 3.02. The van der Waals surface area contributed by atoms with Crippen LogP contribution >= 0.6 is 0 Å². The van der Waals surface area contributed by atoms with Gasteiger partial charge in [-0.05, 0) is 43.5 Å². The number of rotatable bonds is 4. The lowest BCUT2D eigenvalue weighted by atomic mass is 10.0. The van der Waals surface area contributed by atoms with Gasteiger partial charge in [0.1, 0.15) is 0 Å². The molecule has 4 rings (SSSR count). The molecule has 1 atom stereocenters. The summed E-state index contributed by atoms with van der Waals surface area (Å²) in [7, 11) is 0. The quantitative estimate of drug-likeness (QED) is 0.801. The summed E-state index contributed by atoms with van der Waals surface area (Å²) in [6.07, 6.45) is 3.28. The van der Waals surface area contributed by atoms with Gasteiger partial charge in [0, 0.05) is 13.1 Å². The van der Waals surface area contributed by atoms with Gasteiger partial charge in [0.05, 0.1) is 17.1 Å². The van der Waals surface area contributed by atoms with E-state index in [-0.39, 0.29) is 11.7 Å². The Morgan fingerprint density at radius 2 is 1.83 bits per heavy atom. The minimum atomic E-state index is 0.0195. The van der Waals surface area contributed by atoms with Crippen molar-refractivity contribution < 1.29 is 0 Å². The van der Waals surface area contributed by atoms with Crippen LogP contribution in [0.3, 0.4) is 0 Å². The predicted octanol–water partition coefficient (Wildman–Crippen LogP) is 3.21. The maximum Gasteiger partial charge on any atom is 0.326 e. The van der Waals surface area contributed by atoms with Crippen LogP contribution < -0.4 is 5.69 Å². The molecule has 1 unspecified atom stereocenters. The van der Waals surface area contributed by atoms with Crippen LogP contribution in [0, 0.1) is 0 Å². The summed E-state index contributed by atoms with van der Waals surface area (Å²) in [5.41, 5.74) is 3.36. The highest BCUT2D eigenvalue weighted by Crippen LogP contribution is 2.24. The van der Waals surface area contributed by atoms with E-state index in [1.165, 1.54) is 5.56 Å². The van der Waals surface area contributed by atoms with Gasteiger partial charge in [-0.15, -0.1) is 0 Å². The predicted molar refractivity (Wildman–Crippen MR) is 97.4 cm³/mol. The lowest BCUT2D eigenvalue weighted by molar-refractivity contribution is 0.179. The zero-order chi connectivity index (χ0) is 16.4. The van der Waals surface area contributed by atoms with Crippen molar-refractivity contribution in [2.24, 2.45) is 0 Å². The van der Waals surface area contributed by atoms with Crippen LogP contribution in [0.2, 0.25) is 0 Å². The molecule has 1 saturated heterocycles. The monoisotopic (exact) mass is 321 g/mol. The topological polar surface area (TPSA) is 41.0 Å². The molecule has 0 radical (unpaired) electrons. The molecular formula is C20H23N3O. The molecule has 0 saturated carbocycles. The number of H-pyrrole nitrogens is 1. The van der Waals surface area contributed by atoms with Crippen LogP contribution in [0.4, 0.5) is 0 Å². The molecule has 1 aliphatic rings. The van der Waals surface area contributed by atoms with Crippen molar-refractivity contribution >= 4 is 11.0 Å². The fourth-order valence-electron chi connectivity index (χ4n) is 3.81. The molecule has 1 aliphatic heterocycles. The average Bonchev–Trinajstić information content (AvgIpc) is 2.97. The van der Waals surface area contributed by atoms with Crippen LogP contribution in [-0.2, 0) is 6.42 Å². The van der Waals surface area contributed by atoms with Gasteiger partial charge in [-0.25, -0.2) is 4.79 Å². The van der Waals surface area contributed by atoms with Crippen molar-refractivity contribution in [2.75, 3.05) is 19.6 Å². The zero-order valence-corrected chi connectivity index (χ0v) is 13.8. The van der Waals surface area contributed by atoms with Gasteiger partial charge in [0.2, 0.25) is 0 Å². The largest absolute Gasteiger partial charge is 0.326 e. The molecule has 1 fully saturated rings. The molecule has 3 aromatic rings. The maximum atomic E-state index is 12.4. The highest BCUT2D eigenvalue weighted by atomic mass is 16.1. The summed E-state index contributed by atoms with van der Waals surface area (Å²) in [5, 5.41) is 0. The Morgan fingerprint density at radius 1 is 1.04 bits per heavy atom. The van der Waals surface area contributed by atoms with E-state index >= 15 is 0 Å². The Labute approximate surface area is 141 Å². The first-order chi connectivity index (χ1) is 11.8. The van der Waals surface area contributed by atoms with E-state index in [1.807, 2.05) is 28.8 Å². The number of hydrogen-bond donors (Lipinski definition) is 1. The minimum Gasteiger partial charge on any atom is -0.306 e. The highest BCUT2D eigenvalue weighted by Gasteiger charge is 2.23. The van der Waals surface area contributed by atoms with Crippen molar-refractivity contribution in [1.29, 1.82) is 0 Å². The smallest absolute Gasteiger partial charge is 0.306 e. The number of fused-ring (bicyclic) bond motifs is 1. The first-order valence-corrected chi connectivity index (χ1v) is 8.77. The average molecular weight is 321 g/mol. The van der Waals surface area contributed by atoms with Gasteiger partial charge < -0.3 is 9.88 Å². The summed E-state index contributed by atoms with van der Waals surface area (Å²) < 4.78 is 1.96. The summed E-state index contributed by atoms with van der Waals surface area (Å²) in [6.45, 7) is 3.13. The highest BCUT2D eigenvalue weighted by molar-refractivity contribution is 5.75. The molecule has 1 aromatic heterocycles. The normalized spacial score (nSPS) is 18.9. The number of nitrogens with one attached hydrogen (secondary N) is 1. The van der Waals surface area contributed by atoms with Crippen molar-refractivity contribution in [2.45, 2.75) is 25.3 Å². The van der Waals surface area contributed by atoms with Gasteiger partial charge >= 0.3 is 5.69 Å². The summed E-state index contributed by atoms with van der Waals surface area (Å²) in [6, 6.07) is 18.9. The number of benzene rings is 2. The lowest BCUT2D eigenvalue weighted by Crippen LogP contribution is -2.40. The number of nitrogens with zero attached hydrogens (tertiary/aromatic N) is 2. The van der Waals surface area contributed by atoms with Gasteiger partial charge in [-0.3, -0.25) is 4.57 Å².